The first-order chi connectivity index (χ1) is 9.77. The summed E-state index contributed by atoms with van der Waals surface area (Å²) in [6.45, 7) is 6.38. The first-order valence-corrected chi connectivity index (χ1v) is 6.79. The molecule has 2 unspecified atom stereocenters. The van der Waals surface area contributed by atoms with Crippen molar-refractivity contribution in [2.24, 2.45) is 5.41 Å². The second-order valence-corrected chi connectivity index (χ2v) is 5.74. The molecule has 7 heteroatoms. The Labute approximate surface area is 121 Å². The van der Waals surface area contributed by atoms with Gasteiger partial charge in [0.1, 0.15) is 11.5 Å². The third-order valence-corrected chi connectivity index (χ3v) is 4.09. The zero-order valence-corrected chi connectivity index (χ0v) is 12.2. The molecule has 1 aromatic rings. The van der Waals surface area contributed by atoms with Gasteiger partial charge in [-0.3, -0.25) is 10.1 Å². The predicted octanol–water partition coefficient (Wildman–Crippen LogP) is 3.49. The standard InChI is InChI=1S/C14H18F2N2O3/c1-4-21-12-7-11(14(12,2)3)17-10-6-8(15)5-9(16)13(10)18(19)20/h5-6,11-12,17H,4,7H2,1-3H3. The fourth-order valence-electron chi connectivity index (χ4n) is 2.66. The summed E-state index contributed by atoms with van der Waals surface area (Å²) in [4.78, 5) is 10.1. The van der Waals surface area contributed by atoms with Gasteiger partial charge in [0.25, 0.3) is 0 Å². The van der Waals surface area contributed by atoms with Crippen LogP contribution in [0.5, 0.6) is 0 Å². The first kappa shape index (κ1) is 15.6. The topological polar surface area (TPSA) is 64.4 Å². The minimum atomic E-state index is -1.18. The van der Waals surface area contributed by atoms with Gasteiger partial charge in [0.05, 0.1) is 11.0 Å². The van der Waals surface area contributed by atoms with E-state index in [4.69, 9.17) is 4.74 Å². The van der Waals surface area contributed by atoms with E-state index in [-0.39, 0.29) is 23.2 Å². The molecule has 21 heavy (non-hydrogen) atoms. The molecule has 1 aliphatic rings. The van der Waals surface area contributed by atoms with Crippen molar-refractivity contribution < 1.29 is 18.4 Å². The Morgan fingerprint density at radius 3 is 2.67 bits per heavy atom. The number of nitro benzene ring substituents is 1. The zero-order valence-electron chi connectivity index (χ0n) is 12.2. The second-order valence-electron chi connectivity index (χ2n) is 5.74. The van der Waals surface area contributed by atoms with Gasteiger partial charge in [0.15, 0.2) is 0 Å². The number of anilines is 1. The summed E-state index contributed by atoms with van der Waals surface area (Å²) < 4.78 is 32.4. The number of nitro groups is 1. The highest BCUT2D eigenvalue weighted by Gasteiger charge is 2.49. The molecular formula is C14H18F2N2O3. The van der Waals surface area contributed by atoms with Crippen molar-refractivity contribution in [2.75, 3.05) is 11.9 Å². The van der Waals surface area contributed by atoms with Crippen LogP contribution in [0.3, 0.4) is 0 Å². The normalized spacial score (nSPS) is 23.5. The van der Waals surface area contributed by atoms with E-state index in [0.29, 0.717) is 19.1 Å². The van der Waals surface area contributed by atoms with Crippen molar-refractivity contribution in [3.05, 3.63) is 33.9 Å². The molecule has 0 amide bonds. The fourth-order valence-corrected chi connectivity index (χ4v) is 2.66. The summed E-state index contributed by atoms with van der Waals surface area (Å²) in [5, 5.41) is 13.8. The van der Waals surface area contributed by atoms with Gasteiger partial charge in [-0.1, -0.05) is 13.8 Å². The maximum Gasteiger partial charge on any atom is 0.327 e. The molecule has 0 heterocycles. The van der Waals surface area contributed by atoms with E-state index in [1.807, 2.05) is 20.8 Å². The highest BCUT2D eigenvalue weighted by atomic mass is 19.1. The number of nitrogens with one attached hydrogen (secondary N) is 1. The minimum absolute atomic E-state index is 0.0254. The van der Waals surface area contributed by atoms with Crippen molar-refractivity contribution in [1.82, 2.24) is 0 Å². The molecular weight excluding hydrogens is 282 g/mol. The number of ether oxygens (including phenoxy) is 1. The summed E-state index contributed by atoms with van der Waals surface area (Å²) in [7, 11) is 0. The van der Waals surface area contributed by atoms with Crippen LogP contribution in [0.1, 0.15) is 27.2 Å². The molecule has 0 saturated heterocycles. The predicted molar refractivity (Wildman–Crippen MR) is 74.2 cm³/mol. The molecule has 1 aromatic carbocycles. The highest BCUT2D eigenvalue weighted by molar-refractivity contribution is 5.63. The van der Waals surface area contributed by atoms with Crippen LogP contribution < -0.4 is 5.32 Å². The lowest BCUT2D eigenvalue weighted by atomic mass is 9.64. The molecule has 2 atom stereocenters. The van der Waals surface area contributed by atoms with Gasteiger partial charge in [-0.2, -0.15) is 4.39 Å². The summed E-state index contributed by atoms with van der Waals surface area (Å²) in [5.74, 6) is -2.03. The van der Waals surface area contributed by atoms with Crippen LogP contribution in [0, 0.1) is 27.2 Å². The average molecular weight is 300 g/mol. The van der Waals surface area contributed by atoms with Gasteiger partial charge in [-0.05, 0) is 13.3 Å². The van der Waals surface area contributed by atoms with Crippen molar-refractivity contribution in [1.29, 1.82) is 0 Å². The summed E-state index contributed by atoms with van der Waals surface area (Å²) in [6, 6.07) is 1.32. The quantitative estimate of drug-likeness (QED) is 0.668. The molecule has 116 valence electrons. The Kier molecular flexibility index (Phi) is 4.13. The van der Waals surface area contributed by atoms with Crippen molar-refractivity contribution in [3.63, 3.8) is 0 Å². The minimum Gasteiger partial charge on any atom is -0.378 e. The fraction of sp³-hybridized carbons (Fsp3) is 0.571. The molecule has 2 rings (SSSR count). The zero-order chi connectivity index (χ0) is 15.8. The van der Waals surface area contributed by atoms with Crippen LogP contribution in [-0.2, 0) is 4.74 Å². The molecule has 0 aliphatic heterocycles. The van der Waals surface area contributed by atoms with E-state index in [0.717, 1.165) is 6.07 Å². The molecule has 0 spiro atoms. The maximum atomic E-state index is 13.6. The number of benzene rings is 1. The van der Waals surface area contributed by atoms with Crippen LogP contribution in [0.15, 0.2) is 12.1 Å². The number of nitrogens with zero attached hydrogens (tertiary/aromatic N) is 1. The number of rotatable bonds is 5. The van der Waals surface area contributed by atoms with E-state index in [1.54, 1.807) is 0 Å². The van der Waals surface area contributed by atoms with E-state index in [1.165, 1.54) is 0 Å². The summed E-state index contributed by atoms with van der Waals surface area (Å²) in [6.07, 6.45) is 0.660. The average Bonchev–Trinajstić information content (AvgIpc) is 2.36. The van der Waals surface area contributed by atoms with Gasteiger partial charge in [0, 0.05) is 30.2 Å². The molecule has 5 nitrogen and oxygen atoms in total. The number of hydrogen-bond donors (Lipinski definition) is 1. The SMILES string of the molecule is CCOC1CC(Nc2cc(F)cc(F)c2[N+](=O)[O-])C1(C)C. The Balaban J connectivity index is 2.23. The van der Waals surface area contributed by atoms with Crippen molar-refractivity contribution in [2.45, 2.75) is 39.3 Å². The van der Waals surface area contributed by atoms with Crippen LogP contribution in [0.4, 0.5) is 20.2 Å². The van der Waals surface area contributed by atoms with Gasteiger partial charge < -0.3 is 10.1 Å². The van der Waals surface area contributed by atoms with Gasteiger partial charge >= 0.3 is 5.69 Å². The molecule has 1 saturated carbocycles. The Bertz CT molecular complexity index is 563. The van der Waals surface area contributed by atoms with Crippen LogP contribution in [-0.4, -0.2) is 23.7 Å². The molecule has 1 aliphatic carbocycles. The lowest BCUT2D eigenvalue weighted by Gasteiger charge is -2.51. The third-order valence-electron chi connectivity index (χ3n) is 4.09. The lowest BCUT2D eigenvalue weighted by molar-refractivity contribution is -0.386. The molecule has 1 N–H and O–H groups in total. The van der Waals surface area contributed by atoms with Crippen LogP contribution >= 0.6 is 0 Å². The number of hydrogen-bond acceptors (Lipinski definition) is 4. The Hall–Kier alpha value is -1.76. The summed E-state index contributed by atoms with van der Waals surface area (Å²) in [5.41, 5.74) is -1.13. The van der Waals surface area contributed by atoms with Gasteiger partial charge in [-0.15, -0.1) is 0 Å². The van der Waals surface area contributed by atoms with E-state index in [9.17, 15) is 18.9 Å². The smallest absolute Gasteiger partial charge is 0.327 e. The first-order valence-electron chi connectivity index (χ1n) is 6.79. The van der Waals surface area contributed by atoms with Crippen molar-refractivity contribution >= 4 is 11.4 Å². The van der Waals surface area contributed by atoms with Gasteiger partial charge in [-0.25, -0.2) is 4.39 Å². The van der Waals surface area contributed by atoms with Gasteiger partial charge in [0.2, 0.25) is 5.82 Å². The van der Waals surface area contributed by atoms with Crippen molar-refractivity contribution in [3.8, 4) is 0 Å². The highest BCUT2D eigenvalue weighted by Crippen LogP contribution is 2.45. The maximum absolute atomic E-state index is 13.6. The molecule has 0 aromatic heterocycles. The summed E-state index contributed by atoms with van der Waals surface area (Å²) >= 11 is 0. The lowest BCUT2D eigenvalue weighted by Crippen LogP contribution is -2.58. The van der Waals surface area contributed by atoms with E-state index in [2.05, 4.69) is 5.32 Å². The molecule has 1 fully saturated rings. The Morgan fingerprint density at radius 1 is 1.48 bits per heavy atom. The number of halogens is 2. The van der Waals surface area contributed by atoms with E-state index >= 15 is 0 Å². The second kappa shape index (κ2) is 5.55. The monoisotopic (exact) mass is 300 g/mol. The van der Waals surface area contributed by atoms with Crippen LogP contribution in [0.25, 0.3) is 0 Å². The van der Waals surface area contributed by atoms with E-state index < -0.39 is 22.2 Å². The molecule has 0 bridgehead atoms. The largest absolute Gasteiger partial charge is 0.378 e. The van der Waals surface area contributed by atoms with Crippen LogP contribution in [0.2, 0.25) is 0 Å². The molecule has 0 radical (unpaired) electrons. The Morgan fingerprint density at radius 2 is 2.14 bits per heavy atom. The third kappa shape index (κ3) is 2.83.